The number of piperazine rings is 1. The summed E-state index contributed by atoms with van der Waals surface area (Å²) in [5.74, 6) is -0.486. The molecule has 0 aromatic carbocycles. The Hall–Kier alpha value is -2.72. The highest BCUT2D eigenvalue weighted by Crippen LogP contribution is 2.28. The van der Waals surface area contributed by atoms with E-state index in [2.05, 4.69) is 20.2 Å². The first kappa shape index (κ1) is 25.9. The van der Waals surface area contributed by atoms with Crippen LogP contribution in [0, 0.1) is 11.2 Å². The molecule has 9 nitrogen and oxygen atoms in total. The van der Waals surface area contributed by atoms with Crippen LogP contribution in [0.4, 0.5) is 9.18 Å². The normalized spacial score (nSPS) is 18.1. The van der Waals surface area contributed by atoms with Crippen molar-refractivity contribution >= 4 is 34.6 Å². The zero-order valence-corrected chi connectivity index (χ0v) is 20.6. The van der Waals surface area contributed by atoms with E-state index in [1.807, 2.05) is 20.8 Å². The number of pyridine rings is 2. The van der Waals surface area contributed by atoms with Crippen LogP contribution in [0.5, 0.6) is 5.88 Å². The smallest absolute Gasteiger partial charge is 0.404 e. The summed E-state index contributed by atoms with van der Waals surface area (Å²) in [6.45, 7) is 7.65. The lowest BCUT2D eigenvalue weighted by molar-refractivity contribution is -0.135. The number of nitrogens with zero attached hydrogens (tertiary/aromatic N) is 4. The molecule has 0 radical (unpaired) electrons. The first-order chi connectivity index (χ1) is 16.0. The first-order valence-corrected chi connectivity index (χ1v) is 11.6. The number of rotatable bonds is 7. The van der Waals surface area contributed by atoms with Crippen molar-refractivity contribution in [3.63, 3.8) is 0 Å². The summed E-state index contributed by atoms with van der Waals surface area (Å²) in [6, 6.07) is 2.47. The molecule has 0 spiro atoms. The van der Waals surface area contributed by atoms with E-state index in [-0.39, 0.29) is 11.8 Å². The fourth-order valence-electron chi connectivity index (χ4n) is 4.47. The van der Waals surface area contributed by atoms with E-state index in [9.17, 15) is 19.1 Å². The molecular formula is C23H31ClFN5O4. The van der Waals surface area contributed by atoms with Gasteiger partial charge in [0.1, 0.15) is 11.7 Å². The van der Waals surface area contributed by atoms with Crippen molar-refractivity contribution < 1.29 is 23.8 Å². The lowest BCUT2D eigenvalue weighted by atomic mass is 9.80. The van der Waals surface area contributed by atoms with Crippen LogP contribution < -0.4 is 10.1 Å². The van der Waals surface area contributed by atoms with Gasteiger partial charge in [0.15, 0.2) is 0 Å². The molecule has 2 atom stereocenters. The number of methoxy groups -OCH3 is 1. The Morgan fingerprint density at radius 2 is 2.09 bits per heavy atom. The molecule has 2 unspecified atom stereocenters. The van der Waals surface area contributed by atoms with Crippen molar-refractivity contribution in [1.82, 2.24) is 25.1 Å². The van der Waals surface area contributed by atoms with Gasteiger partial charge in [-0.3, -0.25) is 14.7 Å². The SMILES string of the molecule is COc1ccc2ncc(F)c(CCN3CCN(C(=O)CCl)C(C(NC(=O)O)C(C)(C)C)C3)c2n1. The highest BCUT2D eigenvalue weighted by Gasteiger charge is 2.41. The lowest BCUT2D eigenvalue weighted by Crippen LogP contribution is -2.66. The number of nitrogens with one attached hydrogen (secondary N) is 1. The molecule has 3 heterocycles. The quantitative estimate of drug-likeness (QED) is 0.568. The largest absolute Gasteiger partial charge is 0.481 e. The van der Waals surface area contributed by atoms with Gasteiger partial charge in [0.2, 0.25) is 11.8 Å². The number of carboxylic acid groups (broad SMARTS) is 1. The van der Waals surface area contributed by atoms with E-state index in [0.717, 1.165) is 0 Å². The molecular weight excluding hydrogens is 465 g/mol. The molecule has 3 rings (SSSR count). The van der Waals surface area contributed by atoms with E-state index in [0.29, 0.717) is 55.1 Å². The minimum absolute atomic E-state index is 0.178. The summed E-state index contributed by atoms with van der Waals surface area (Å²) >= 11 is 5.84. The molecule has 2 aromatic rings. The Labute approximate surface area is 203 Å². The molecule has 1 fully saturated rings. The maximum atomic E-state index is 14.7. The highest BCUT2D eigenvalue weighted by molar-refractivity contribution is 6.27. The van der Waals surface area contributed by atoms with Crippen molar-refractivity contribution in [2.24, 2.45) is 5.41 Å². The van der Waals surface area contributed by atoms with Gasteiger partial charge in [-0.1, -0.05) is 20.8 Å². The predicted octanol–water partition coefficient (Wildman–Crippen LogP) is 2.75. The van der Waals surface area contributed by atoms with Crippen molar-refractivity contribution in [3.8, 4) is 5.88 Å². The second-order valence-corrected chi connectivity index (χ2v) is 9.71. The van der Waals surface area contributed by atoms with Gasteiger partial charge in [0, 0.05) is 37.8 Å². The predicted molar refractivity (Wildman–Crippen MR) is 127 cm³/mol. The van der Waals surface area contributed by atoms with E-state index in [1.165, 1.54) is 13.3 Å². The molecule has 1 aliphatic rings. The zero-order valence-electron chi connectivity index (χ0n) is 19.8. The number of hydrogen-bond acceptors (Lipinski definition) is 6. The summed E-state index contributed by atoms with van der Waals surface area (Å²) in [5.41, 5.74) is 1.01. The molecule has 0 aliphatic carbocycles. The van der Waals surface area contributed by atoms with E-state index >= 15 is 0 Å². The molecule has 0 bridgehead atoms. The summed E-state index contributed by atoms with van der Waals surface area (Å²) in [6.07, 6.45) is 0.409. The minimum atomic E-state index is -1.15. The maximum absolute atomic E-state index is 14.7. The Kier molecular flexibility index (Phi) is 8.14. The van der Waals surface area contributed by atoms with Crippen molar-refractivity contribution in [1.29, 1.82) is 0 Å². The van der Waals surface area contributed by atoms with E-state index < -0.39 is 29.4 Å². The Bertz CT molecular complexity index is 1050. The van der Waals surface area contributed by atoms with Gasteiger partial charge in [-0.2, -0.15) is 0 Å². The fraction of sp³-hybridized carbons (Fsp3) is 0.565. The third kappa shape index (κ3) is 5.85. The van der Waals surface area contributed by atoms with Crippen molar-refractivity contribution in [2.75, 3.05) is 39.2 Å². The summed E-state index contributed by atoms with van der Waals surface area (Å²) in [7, 11) is 1.50. The van der Waals surface area contributed by atoms with Crippen LogP contribution in [0.2, 0.25) is 0 Å². The number of ether oxygens (including phenoxy) is 1. The van der Waals surface area contributed by atoms with Crippen LogP contribution >= 0.6 is 11.6 Å². The van der Waals surface area contributed by atoms with Crippen LogP contribution in [0.3, 0.4) is 0 Å². The van der Waals surface area contributed by atoms with E-state index in [4.69, 9.17) is 16.3 Å². The molecule has 1 aliphatic heterocycles. The van der Waals surface area contributed by atoms with Gasteiger partial charge in [0.05, 0.1) is 36.4 Å². The Balaban J connectivity index is 1.84. The molecule has 34 heavy (non-hydrogen) atoms. The Morgan fingerprint density at radius 1 is 1.35 bits per heavy atom. The van der Waals surface area contributed by atoms with Gasteiger partial charge >= 0.3 is 6.09 Å². The summed E-state index contributed by atoms with van der Waals surface area (Å²) < 4.78 is 19.9. The third-order valence-electron chi connectivity index (χ3n) is 6.16. The highest BCUT2D eigenvalue weighted by atomic mass is 35.5. The van der Waals surface area contributed by atoms with Gasteiger partial charge in [-0.05, 0) is 17.9 Å². The standard InChI is InChI=1S/C23H31ClFN5O4/c1-23(2,3)21(28-22(32)33)17-13-29(9-10-30(17)19(31)11-24)8-7-14-15(25)12-26-16-5-6-18(34-4)27-20(14)16/h5-6,12,17,21,28H,7-11,13H2,1-4H3,(H,32,33). The fourth-order valence-corrected chi connectivity index (χ4v) is 4.62. The van der Waals surface area contributed by atoms with Crippen LogP contribution in [0.15, 0.2) is 18.3 Å². The van der Waals surface area contributed by atoms with E-state index in [1.54, 1.807) is 17.0 Å². The number of carbonyl (C=O) groups excluding carboxylic acids is 1. The van der Waals surface area contributed by atoms with Crippen LogP contribution in [0.1, 0.15) is 26.3 Å². The van der Waals surface area contributed by atoms with Crippen LogP contribution in [0.25, 0.3) is 11.0 Å². The second kappa shape index (κ2) is 10.7. The minimum Gasteiger partial charge on any atom is -0.481 e. The maximum Gasteiger partial charge on any atom is 0.404 e. The van der Waals surface area contributed by atoms with Crippen LogP contribution in [-0.2, 0) is 11.2 Å². The number of hydrogen-bond donors (Lipinski definition) is 2. The number of alkyl halides is 1. The number of halogens is 2. The number of fused-ring (bicyclic) bond motifs is 1. The molecule has 2 amide bonds. The van der Waals surface area contributed by atoms with Gasteiger partial charge < -0.3 is 20.1 Å². The number of carbonyl (C=O) groups is 2. The molecule has 2 N–H and O–H groups in total. The number of amides is 2. The summed E-state index contributed by atoms with van der Waals surface area (Å²) in [5, 5.41) is 12.0. The average molecular weight is 496 g/mol. The van der Waals surface area contributed by atoms with Crippen LogP contribution in [-0.4, -0.2) is 88.1 Å². The molecule has 186 valence electrons. The monoisotopic (exact) mass is 495 g/mol. The molecule has 1 saturated heterocycles. The second-order valence-electron chi connectivity index (χ2n) is 9.44. The molecule has 11 heteroatoms. The third-order valence-corrected chi connectivity index (χ3v) is 6.39. The topological polar surface area (TPSA) is 108 Å². The first-order valence-electron chi connectivity index (χ1n) is 11.1. The van der Waals surface area contributed by atoms with Gasteiger partial charge in [0.25, 0.3) is 0 Å². The van der Waals surface area contributed by atoms with Crippen molar-refractivity contribution in [2.45, 2.75) is 39.3 Å². The number of aromatic nitrogens is 2. The molecule has 0 saturated carbocycles. The summed E-state index contributed by atoms with van der Waals surface area (Å²) in [4.78, 5) is 36.4. The van der Waals surface area contributed by atoms with Gasteiger partial charge in [-0.25, -0.2) is 14.2 Å². The van der Waals surface area contributed by atoms with Crippen molar-refractivity contribution in [3.05, 3.63) is 29.7 Å². The van der Waals surface area contributed by atoms with Gasteiger partial charge in [-0.15, -0.1) is 11.6 Å². The average Bonchev–Trinajstić information content (AvgIpc) is 2.80. The zero-order chi connectivity index (χ0) is 25.0. The molecule has 2 aromatic heterocycles. The Morgan fingerprint density at radius 3 is 2.71 bits per heavy atom. The lowest BCUT2D eigenvalue weighted by Gasteiger charge is -2.48.